The van der Waals surface area contributed by atoms with E-state index in [1.54, 1.807) is 13.0 Å². The van der Waals surface area contributed by atoms with E-state index in [1.807, 2.05) is 0 Å². The molecule has 0 saturated carbocycles. The Kier molecular flexibility index (Phi) is 5.87. The molecule has 130 valence electrons. The molecule has 0 radical (unpaired) electrons. The van der Waals surface area contributed by atoms with Crippen molar-refractivity contribution in [3.05, 3.63) is 63.5 Å². The van der Waals surface area contributed by atoms with Gasteiger partial charge in [0.2, 0.25) is 5.91 Å². The SMILES string of the molecule is CC(=O)c1ccc(SCC(=O)Nc2cc([N+](=O)[O-])ccc2C)c(F)c1. The van der Waals surface area contributed by atoms with Crippen LogP contribution in [0.1, 0.15) is 22.8 Å². The lowest BCUT2D eigenvalue weighted by molar-refractivity contribution is -0.384. The number of thioether (sulfide) groups is 1. The summed E-state index contributed by atoms with van der Waals surface area (Å²) in [6.45, 7) is 3.06. The highest BCUT2D eigenvalue weighted by Crippen LogP contribution is 2.25. The molecule has 2 aromatic carbocycles. The number of non-ortho nitro benzene ring substituents is 1. The maximum atomic E-state index is 13.9. The summed E-state index contributed by atoms with van der Waals surface area (Å²) in [6.07, 6.45) is 0. The first-order valence-electron chi connectivity index (χ1n) is 7.26. The number of amides is 1. The van der Waals surface area contributed by atoms with E-state index in [-0.39, 0.29) is 27.7 Å². The van der Waals surface area contributed by atoms with Gasteiger partial charge >= 0.3 is 0 Å². The zero-order valence-electron chi connectivity index (χ0n) is 13.5. The van der Waals surface area contributed by atoms with Gasteiger partial charge in [-0.15, -0.1) is 11.8 Å². The highest BCUT2D eigenvalue weighted by atomic mass is 32.2. The van der Waals surface area contributed by atoms with Gasteiger partial charge in [-0.3, -0.25) is 19.7 Å². The highest BCUT2D eigenvalue weighted by Gasteiger charge is 2.13. The molecule has 25 heavy (non-hydrogen) atoms. The minimum absolute atomic E-state index is 0.0710. The third kappa shape index (κ3) is 4.87. The Hall–Kier alpha value is -2.74. The van der Waals surface area contributed by atoms with E-state index < -0.39 is 16.6 Å². The second kappa shape index (κ2) is 7.89. The Balaban J connectivity index is 2.03. The summed E-state index contributed by atoms with van der Waals surface area (Å²) < 4.78 is 13.9. The van der Waals surface area contributed by atoms with Gasteiger partial charge in [0.15, 0.2) is 5.78 Å². The number of nitro groups is 1. The number of benzene rings is 2. The average molecular weight is 362 g/mol. The zero-order valence-corrected chi connectivity index (χ0v) is 14.4. The lowest BCUT2D eigenvalue weighted by Crippen LogP contribution is -2.15. The summed E-state index contributed by atoms with van der Waals surface area (Å²) in [5.41, 5.74) is 1.16. The van der Waals surface area contributed by atoms with Gasteiger partial charge in [0.05, 0.1) is 16.4 Å². The normalized spacial score (nSPS) is 10.4. The monoisotopic (exact) mass is 362 g/mol. The quantitative estimate of drug-likeness (QED) is 0.363. The van der Waals surface area contributed by atoms with Crippen LogP contribution in [0.2, 0.25) is 0 Å². The molecule has 0 aliphatic rings. The van der Waals surface area contributed by atoms with E-state index in [4.69, 9.17) is 0 Å². The zero-order chi connectivity index (χ0) is 18.6. The van der Waals surface area contributed by atoms with Crippen LogP contribution in [0.4, 0.5) is 15.8 Å². The molecule has 0 saturated heterocycles. The van der Waals surface area contributed by atoms with Gasteiger partial charge in [-0.05, 0) is 31.5 Å². The van der Waals surface area contributed by atoms with Gasteiger partial charge in [0, 0.05) is 22.6 Å². The summed E-state index contributed by atoms with van der Waals surface area (Å²) in [7, 11) is 0. The number of hydrogen-bond donors (Lipinski definition) is 1. The predicted octanol–water partition coefficient (Wildman–Crippen LogP) is 3.98. The summed E-state index contributed by atoms with van der Waals surface area (Å²) in [4.78, 5) is 33.7. The number of carbonyl (C=O) groups is 2. The minimum Gasteiger partial charge on any atom is -0.325 e. The summed E-state index contributed by atoms with van der Waals surface area (Å²) in [6, 6.07) is 8.25. The molecule has 2 aromatic rings. The van der Waals surface area contributed by atoms with Crippen LogP contribution in [0.25, 0.3) is 0 Å². The van der Waals surface area contributed by atoms with E-state index in [2.05, 4.69) is 5.32 Å². The molecule has 0 heterocycles. The van der Waals surface area contributed by atoms with Crippen molar-refractivity contribution in [1.29, 1.82) is 0 Å². The van der Waals surface area contributed by atoms with Gasteiger partial charge in [0.25, 0.3) is 5.69 Å². The number of rotatable bonds is 6. The Labute approximate surface area is 147 Å². The number of nitro benzene ring substituents is 1. The van der Waals surface area contributed by atoms with Crippen LogP contribution < -0.4 is 5.32 Å². The van der Waals surface area contributed by atoms with E-state index in [9.17, 15) is 24.1 Å². The fourth-order valence-electron chi connectivity index (χ4n) is 2.02. The van der Waals surface area contributed by atoms with Crippen LogP contribution >= 0.6 is 11.8 Å². The number of carbonyl (C=O) groups excluding carboxylic acids is 2. The lowest BCUT2D eigenvalue weighted by Gasteiger charge is -2.09. The summed E-state index contributed by atoms with van der Waals surface area (Å²) in [5, 5.41) is 13.4. The number of nitrogens with one attached hydrogen (secondary N) is 1. The van der Waals surface area contributed by atoms with E-state index in [0.29, 0.717) is 11.3 Å². The molecule has 0 fully saturated rings. The molecular formula is C17H15FN2O4S. The molecule has 0 aliphatic carbocycles. The molecule has 8 heteroatoms. The number of nitrogens with zero attached hydrogens (tertiary/aromatic N) is 1. The van der Waals surface area contributed by atoms with Crippen molar-refractivity contribution >= 4 is 34.8 Å². The van der Waals surface area contributed by atoms with Gasteiger partial charge in [-0.25, -0.2) is 4.39 Å². The van der Waals surface area contributed by atoms with Gasteiger partial charge in [-0.1, -0.05) is 12.1 Å². The standard InChI is InChI=1S/C17H15FN2O4S/c1-10-3-5-13(20(23)24)8-15(10)19-17(22)9-25-16-6-4-12(11(2)21)7-14(16)18/h3-8H,9H2,1-2H3,(H,19,22). The molecule has 1 amide bonds. The van der Waals surface area contributed by atoms with Crippen LogP contribution in [0.5, 0.6) is 0 Å². The number of anilines is 1. The molecule has 0 spiro atoms. The van der Waals surface area contributed by atoms with E-state index in [1.165, 1.54) is 31.2 Å². The summed E-state index contributed by atoms with van der Waals surface area (Å²) >= 11 is 0.979. The van der Waals surface area contributed by atoms with Crippen LogP contribution in [-0.4, -0.2) is 22.4 Å². The number of ketones is 1. The fourth-order valence-corrected chi connectivity index (χ4v) is 2.74. The molecule has 0 aliphatic heterocycles. The first-order valence-corrected chi connectivity index (χ1v) is 8.24. The first-order chi connectivity index (χ1) is 11.8. The van der Waals surface area contributed by atoms with Crippen LogP contribution in [-0.2, 0) is 4.79 Å². The predicted molar refractivity (Wildman–Crippen MR) is 93.6 cm³/mol. The minimum atomic E-state index is -0.572. The number of hydrogen-bond acceptors (Lipinski definition) is 5. The van der Waals surface area contributed by atoms with Gasteiger partial charge in [-0.2, -0.15) is 0 Å². The van der Waals surface area contributed by atoms with Crippen LogP contribution in [0.15, 0.2) is 41.3 Å². The fraction of sp³-hybridized carbons (Fsp3) is 0.176. The molecule has 6 nitrogen and oxygen atoms in total. The van der Waals surface area contributed by atoms with Crippen LogP contribution in [0, 0.1) is 22.9 Å². The van der Waals surface area contributed by atoms with E-state index >= 15 is 0 Å². The molecule has 0 atom stereocenters. The second-order valence-electron chi connectivity index (χ2n) is 5.29. The number of Topliss-reactive ketones (excluding diaryl/α,β-unsaturated/α-hetero) is 1. The second-order valence-corrected chi connectivity index (χ2v) is 6.31. The van der Waals surface area contributed by atoms with Crippen molar-refractivity contribution in [3.63, 3.8) is 0 Å². The smallest absolute Gasteiger partial charge is 0.271 e. The van der Waals surface area contributed by atoms with E-state index in [0.717, 1.165) is 17.8 Å². The number of aryl methyl sites for hydroxylation is 1. The van der Waals surface area contributed by atoms with Gasteiger partial charge in [0.1, 0.15) is 5.82 Å². The van der Waals surface area contributed by atoms with Crippen molar-refractivity contribution in [2.75, 3.05) is 11.1 Å². The largest absolute Gasteiger partial charge is 0.325 e. The third-order valence-corrected chi connectivity index (χ3v) is 4.45. The Bertz CT molecular complexity index is 855. The molecular weight excluding hydrogens is 347 g/mol. The van der Waals surface area contributed by atoms with Gasteiger partial charge < -0.3 is 5.32 Å². The first kappa shape index (κ1) is 18.6. The maximum Gasteiger partial charge on any atom is 0.271 e. The molecule has 0 aromatic heterocycles. The van der Waals surface area contributed by atoms with Crippen molar-refractivity contribution in [2.45, 2.75) is 18.7 Å². The molecule has 1 N–H and O–H groups in total. The maximum absolute atomic E-state index is 13.9. The van der Waals surface area contributed by atoms with Crippen LogP contribution in [0.3, 0.4) is 0 Å². The molecule has 0 unspecified atom stereocenters. The number of halogens is 1. The Morgan fingerprint density at radius 1 is 1.24 bits per heavy atom. The summed E-state index contributed by atoms with van der Waals surface area (Å²) in [5.74, 6) is -1.30. The van der Waals surface area contributed by atoms with Crippen molar-refractivity contribution < 1.29 is 18.9 Å². The van der Waals surface area contributed by atoms with Crippen molar-refractivity contribution in [3.8, 4) is 0 Å². The van der Waals surface area contributed by atoms with Crippen molar-refractivity contribution in [2.24, 2.45) is 0 Å². The molecule has 0 bridgehead atoms. The Morgan fingerprint density at radius 2 is 1.96 bits per heavy atom. The highest BCUT2D eigenvalue weighted by molar-refractivity contribution is 8.00. The third-order valence-electron chi connectivity index (χ3n) is 3.40. The lowest BCUT2D eigenvalue weighted by atomic mass is 10.1. The van der Waals surface area contributed by atoms with Crippen molar-refractivity contribution in [1.82, 2.24) is 0 Å². The molecule has 2 rings (SSSR count). The topological polar surface area (TPSA) is 89.3 Å². The Morgan fingerprint density at radius 3 is 2.56 bits per heavy atom. The average Bonchev–Trinajstić information content (AvgIpc) is 2.55.